The van der Waals surface area contributed by atoms with Crippen LogP contribution in [0.15, 0.2) is 48.5 Å². The van der Waals surface area contributed by atoms with Gasteiger partial charge in [-0.1, -0.05) is 24.3 Å². The minimum Gasteiger partial charge on any atom is -0.497 e. The standard InChI is InChI=1S/C18H17NO3S/c1-22-14-8-6-12(7-9-14)10-13(11-17(20)21)18-19-15-4-2-3-5-16(15)23-18/h2-9,13H,10-11H2,1H3,(H,20,21). The number of rotatable bonds is 6. The largest absolute Gasteiger partial charge is 0.497 e. The number of aromatic nitrogens is 1. The number of carboxylic acids is 1. The van der Waals surface area contributed by atoms with E-state index in [-0.39, 0.29) is 12.3 Å². The van der Waals surface area contributed by atoms with E-state index < -0.39 is 5.97 Å². The summed E-state index contributed by atoms with van der Waals surface area (Å²) in [5, 5.41) is 10.1. The van der Waals surface area contributed by atoms with Crippen molar-refractivity contribution in [3.05, 3.63) is 59.1 Å². The lowest BCUT2D eigenvalue weighted by atomic mass is 9.96. The van der Waals surface area contributed by atoms with Crippen molar-refractivity contribution in [2.45, 2.75) is 18.8 Å². The number of methoxy groups -OCH3 is 1. The third-order valence-corrected chi connectivity index (χ3v) is 4.92. The van der Waals surface area contributed by atoms with Crippen molar-refractivity contribution in [1.82, 2.24) is 4.98 Å². The molecule has 5 heteroatoms. The smallest absolute Gasteiger partial charge is 0.304 e. The van der Waals surface area contributed by atoms with Crippen LogP contribution in [0.3, 0.4) is 0 Å². The maximum atomic E-state index is 11.2. The van der Waals surface area contributed by atoms with Crippen molar-refractivity contribution >= 4 is 27.5 Å². The molecule has 3 rings (SSSR count). The second kappa shape index (κ2) is 6.79. The fourth-order valence-electron chi connectivity index (χ4n) is 2.57. The van der Waals surface area contributed by atoms with Crippen molar-refractivity contribution in [1.29, 1.82) is 0 Å². The molecular weight excluding hydrogens is 310 g/mol. The van der Waals surface area contributed by atoms with Gasteiger partial charge in [0.1, 0.15) is 5.75 Å². The molecule has 1 atom stereocenters. The number of para-hydroxylation sites is 1. The fraction of sp³-hybridized carbons (Fsp3) is 0.222. The van der Waals surface area contributed by atoms with E-state index in [0.717, 1.165) is 26.5 Å². The zero-order chi connectivity index (χ0) is 16.2. The first-order chi connectivity index (χ1) is 11.2. The molecule has 0 saturated carbocycles. The number of carboxylic acid groups (broad SMARTS) is 1. The van der Waals surface area contributed by atoms with Gasteiger partial charge in [0.15, 0.2) is 0 Å². The lowest BCUT2D eigenvalue weighted by molar-refractivity contribution is -0.137. The van der Waals surface area contributed by atoms with Gasteiger partial charge in [0.25, 0.3) is 0 Å². The average molecular weight is 327 g/mol. The SMILES string of the molecule is COc1ccc(CC(CC(=O)O)c2nc3ccccc3s2)cc1. The van der Waals surface area contributed by atoms with Crippen LogP contribution in [0.4, 0.5) is 0 Å². The minimum atomic E-state index is -0.803. The van der Waals surface area contributed by atoms with Gasteiger partial charge in [0.2, 0.25) is 0 Å². The first-order valence-corrected chi connectivity index (χ1v) is 8.17. The molecule has 1 aromatic heterocycles. The second-order valence-corrected chi connectivity index (χ2v) is 6.43. The molecule has 0 fully saturated rings. The zero-order valence-electron chi connectivity index (χ0n) is 12.7. The molecule has 0 bridgehead atoms. The van der Waals surface area contributed by atoms with Crippen LogP contribution in [-0.4, -0.2) is 23.2 Å². The molecule has 0 radical (unpaired) electrons. The summed E-state index contributed by atoms with van der Waals surface area (Å²) in [4.78, 5) is 15.9. The van der Waals surface area contributed by atoms with Gasteiger partial charge in [0, 0.05) is 5.92 Å². The van der Waals surface area contributed by atoms with Crippen LogP contribution in [0.25, 0.3) is 10.2 Å². The molecule has 4 nitrogen and oxygen atoms in total. The zero-order valence-corrected chi connectivity index (χ0v) is 13.5. The highest BCUT2D eigenvalue weighted by molar-refractivity contribution is 7.18. The molecule has 0 spiro atoms. The molecule has 0 saturated heterocycles. The summed E-state index contributed by atoms with van der Waals surface area (Å²) < 4.78 is 6.25. The molecule has 0 aliphatic carbocycles. The topological polar surface area (TPSA) is 59.4 Å². The van der Waals surface area contributed by atoms with Gasteiger partial charge in [-0.25, -0.2) is 4.98 Å². The molecule has 2 aromatic carbocycles. The van der Waals surface area contributed by atoms with Gasteiger partial charge >= 0.3 is 5.97 Å². The third kappa shape index (κ3) is 3.68. The van der Waals surface area contributed by atoms with E-state index in [1.165, 1.54) is 0 Å². The van der Waals surface area contributed by atoms with Crippen molar-refractivity contribution in [2.24, 2.45) is 0 Å². The Hall–Kier alpha value is -2.40. The molecular formula is C18H17NO3S. The van der Waals surface area contributed by atoms with Gasteiger partial charge in [-0.15, -0.1) is 11.3 Å². The Morgan fingerprint density at radius 2 is 1.96 bits per heavy atom. The quantitative estimate of drug-likeness (QED) is 0.740. The van der Waals surface area contributed by atoms with E-state index in [1.54, 1.807) is 18.4 Å². The van der Waals surface area contributed by atoms with Crippen molar-refractivity contribution in [2.75, 3.05) is 7.11 Å². The van der Waals surface area contributed by atoms with Gasteiger partial charge in [-0.3, -0.25) is 4.79 Å². The minimum absolute atomic E-state index is 0.0752. The maximum Gasteiger partial charge on any atom is 0.304 e. The molecule has 118 valence electrons. The molecule has 1 heterocycles. The Morgan fingerprint density at radius 3 is 2.61 bits per heavy atom. The lowest BCUT2D eigenvalue weighted by Crippen LogP contribution is -2.09. The number of hydrogen-bond acceptors (Lipinski definition) is 4. The number of aliphatic carboxylic acids is 1. The van der Waals surface area contributed by atoms with Crippen molar-refractivity contribution in [3.8, 4) is 5.75 Å². The van der Waals surface area contributed by atoms with Crippen LogP contribution in [0.5, 0.6) is 5.75 Å². The molecule has 1 unspecified atom stereocenters. The monoisotopic (exact) mass is 327 g/mol. The lowest BCUT2D eigenvalue weighted by Gasteiger charge is -2.12. The first-order valence-electron chi connectivity index (χ1n) is 7.36. The summed E-state index contributed by atoms with van der Waals surface area (Å²) in [6.07, 6.45) is 0.724. The van der Waals surface area contributed by atoms with E-state index >= 15 is 0 Å². The molecule has 0 aliphatic rings. The highest BCUT2D eigenvalue weighted by atomic mass is 32.1. The van der Waals surface area contributed by atoms with Crippen molar-refractivity contribution in [3.63, 3.8) is 0 Å². The van der Waals surface area contributed by atoms with Gasteiger partial charge in [-0.05, 0) is 36.2 Å². The average Bonchev–Trinajstić information content (AvgIpc) is 2.98. The van der Waals surface area contributed by atoms with Gasteiger partial charge < -0.3 is 9.84 Å². The number of fused-ring (bicyclic) bond motifs is 1. The van der Waals surface area contributed by atoms with Crippen LogP contribution in [0, 0.1) is 0 Å². The van der Waals surface area contributed by atoms with Crippen LogP contribution in [0.2, 0.25) is 0 Å². The molecule has 23 heavy (non-hydrogen) atoms. The number of ether oxygens (including phenoxy) is 1. The van der Waals surface area contributed by atoms with Crippen LogP contribution in [-0.2, 0) is 11.2 Å². The van der Waals surface area contributed by atoms with Gasteiger partial charge in [0.05, 0.1) is 28.8 Å². The Labute approximate surface area is 138 Å². The Morgan fingerprint density at radius 1 is 1.22 bits per heavy atom. The summed E-state index contributed by atoms with van der Waals surface area (Å²) in [5.41, 5.74) is 2.01. The predicted octanol–water partition coefficient (Wildman–Crippen LogP) is 4.11. The molecule has 0 aliphatic heterocycles. The Bertz CT molecular complexity index is 778. The Balaban J connectivity index is 1.88. The number of nitrogens with zero attached hydrogens (tertiary/aromatic N) is 1. The molecule has 0 amide bonds. The van der Waals surface area contributed by atoms with Crippen LogP contribution < -0.4 is 4.74 Å². The van der Waals surface area contributed by atoms with E-state index in [2.05, 4.69) is 4.98 Å². The maximum absolute atomic E-state index is 11.2. The van der Waals surface area contributed by atoms with Gasteiger partial charge in [-0.2, -0.15) is 0 Å². The normalized spacial score (nSPS) is 12.2. The number of hydrogen-bond donors (Lipinski definition) is 1. The van der Waals surface area contributed by atoms with E-state index in [1.807, 2.05) is 48.5 Å². The highest BCUT2D eigenvalue weighted by Crippen LogP contribution is 2.32. The second-order valence-electron chi connectivity index (χ2n) is 5.37. The van der Waals surface area contributed by atoms with Crippen molar-refractivity contribution < 1.29 is 14.6 Å². The highest BCUT2D eigenvalue weighted by Gasteiger charge is 2.20. The van der Waals surface area contributed by atoms with E-state index in [9.17, 15) is 9.90 Å². The molecule has 3 aromatic rings. The first kappa shape index (κ1) is 15.5. The van der Waals surface area contributed by atoms with Crippen LogP contribution in [0.1, 0.15) is 22.9 Å². The summed E-state index contributed by atoms with van der Waals surface area (Å²) in [6.45, 7) is 0. The summed E-state index contributed by atoms with van der Waals surface area (Å²) in [5.74, 6) is -0.135. The predicted molar refractivity (Wildman–Crippen MR) is 91.3 cm³/mol. The Kier molecular flexibility index (Phi) is 4.57. The number of carbonyl (C=O) groups is 1. The fourth-order valence-corrected chi connectivity index (χ4v) is 3.64. The van der Waals surface area contributed by atoms with E-state index in [0.29, 0.717) is 6.42 Å². The van der Waals surface area contributed by atoms with Crippen LogP contribution >= 0.6 is 11.3 Å². The molecule has 1 N–H and O–H groups in total. The number of thiazole rings is 1. The van der Waals surface area contributed by atoms with E-state index in [4.69, 9.17) is 4.74 Å². The summed E-state index contributed by atoms with van der Waals surface area (Å²) >= 11 is 1.58. The summed E-state index contributed by atoms with van der Waals surface area (Å²) in [6, 6.07) is 15.6. The number of benzene rings is 2. The summed E-state index contributed by atoms with van der Waals surface area (Å²) in [7, 11) is 1.63. The third-order valence-electron chi connectivity index (χ3n) is 3.72.